The zero-order chi connectivity index (χ0) is 12.1. The van der Waals surface area contributed by atoms with E-state index in [2.05, 4.69) is 4.98 Å². The van der Waals surface area contributed by atoms with Gasteiger partial charge in [-0.05, 0) is 18.4 Å². The Labute approximate surface area is 101 Å². The summed E-state index contributed by atoms with van der Waals surface area (Å²) in [5, 5.41) is 8.71. The van der Waals surface area contributed by atoms with Crippen LogP contribution in [-0.2, 0) is 0 Å². The largest absolute Gasteiger partial charge is 0.478 e. The van der Waals surface area contributed by atoms with E-state index < -0.39 is 5.97 Å². The molecule has 1 N–H and O–H groups in total. The van der Waals surface area contributed by atoms with Gasteiger partial charge in [0, 0.05) is 12.3 Å². The van der Waals surface area contributed by atoms with E-state index in [9.17, 15) is 4.79 Å². The summed E-state index contributed by atoms with van der Waals surface area (Å²) in [5.41, 5.74) is 0.188. The van der Waals surface area contributed by atoms with Gasteiger partial charge in [-0.15, -0.1) is 0 Å². The van der Waals surface area contributed by atoms with Crippen molar-refractivity contribution in [3.63, 3.8) is 0 Å². The summed E-state index contributed by atoms with van der Waals surface area (Å²) in [5.74, 6) is 0.344. The lowest BCUT2D eigenvalue weighted by atomic mass is 10.1. The number of carboxylic acid groups (broad SMARTS) is 1. The Balaban J connectivity index is 1.76. The van der Waals surface area contributed by atoms with Gasteiger partial charge >= 0.3 is 5.97 Å². The van der Waals surface area contributed by atoms with Gasteiger partial charge in [0.25, 0.3) is 0 Å². The lowest BCUT2D eigenvalue weighted by molar-refractivity contribution is 0.0696. The first-order chi connectivity index (χ1) is 8.25. The molecule has 1 aromatic rings. The van der Waals surface area contributed by atoms with E-state index in [0.717, 1.165) is 12.3 Å². The van der Waals surface area contributed by atoms with Gasteiger partial charge in [-0.3, -0.25) is 0 Å². The number of rotatable bonds is 5. The number of pyridine rings is 1. The average molecular weight is 235 g/mol. The molecular weight excluding hydrogens is 218 g/mol. The molecule has 0 aliphatic heterocycles. The van der Waals surface area contributed by atoms with Crippen molar-refractivity contribution >= 4 is 5.97 Å². The number of aromatic carboxylic acids is 1. The van der Waals surface area contributed by atoms with E-state index in [1.807, 2.05) is 0 Å². The standard InChI is InChI=1S/C13H17NO3/c15-13(16)11-5-6-12(14-9-11)17-8-7-10-3-1-2-4-10/h5-6,9-10H,1-4,7-8H2,(H,15,16). The first kappa shape index (κ1) is 11.9. The normalized spacial score (nSPS) is 16.0. The highest BCUT2D eigenvalue weighted by Crippen LogP contribution is 2.27. The minimum atomic E-state index is -0.963. The molecule has 17 heavy (non-hydrogen) atoms. The summed E-state index contributed by atoms with van der Waals surface area (Å²) in [6, 6.07) is 3.12. The highest BCUT2D eigenvalue weighted by molar-refractivity contribution is 5.87. The number of hydrogen-bond donors (Lipinski definition) is 1. The molecule has 2 rings (SSSR count). The van der Waals surface area contributed by atoms with Crippen molar-refractivity contribution in [1.82, 2.24) is 4.98 Å². The third-order valence-electron chi connectivity index (χ3n) is 3.23. The molecule has 1 fully saturated rings. The van der Waals surface area contributed by atoms with Crippen LogP contribution in [-0.4, -0.2) is 22.7 Å². The summed E-state index contributed by atoms with van der Waals surface area (Å²) in [4.78, 5) is 14.6. The van der Waals surface area contributed by atoms with Crippen LogP contribution in [0, 0.1) is 5.92 Å². The van der Waals surface area contributed by atoms with Crippen LogP contribution >= 0.6 is 0 Å². The van der Waals surface area contributed by atoms with Crippen molar-refractivity contribution in [2.75, 3.05) is 6.61 Å². The zero-order valence-corrected chi connectivity index (χ0v) is 9.76. The lowest BCUT2D eigenvalue weighted by Crippen LogP contribution is -2.05. The average Bonchev–Trinajstić information content (AvgIpc) is 2.83. The summed E-state index contributed by atoms with van der Waals surface area (Å²) in [6.07, 6.45) is 7.71. The van der Waals surface area contributed by atoms with Crippen LogP contribution < -0.4 is 4.74 Å². The molecule has 0 radical (unpaired) electrons. The van der Waals surface area contributed by atoms with Crippen molar-refractivity contribution in [2.24, 2.45) is 5.92 Å². The predicted octanol–water partition coefficient (Wildman–Crippen LogP) is 2.74. The molecule has 0 atom stereocenters. The Morgan fingerprint density at radius 2 is 2.18 bits per heavy atom. The van der Waals surface area contributed by atoms with Crippen LogP contribution in [0.15, 0.2) is 18.3 Å². The molecule has 1 aliphatic carbocycles. The second-order valence-electron chi connectivity index (χ2n) is 4.48. The third kappa shape index (κ3) is 3.44. The fourth-order valence-corrected chi connectivity index (χ4v) is 2.22. The molecule has 1 heterocycles. The summed E-state index contributed by atoms with van der Waals surface area (Å²) in [7, 11) is 0. The molecule has 1 saturated carbocycles. The van der Waals surface area contributed by atoms with E-state index in [0.29, 0.717) is 12.5 Å². The zero-order valence-electron chi connectivity index (χ0n) is 9.76. The van der Waals surface area contributed by atoms with Crippen molar-refractivity contribution in [3.8, 4) is 5.88 Å². The summed E-state index contributed by atoms with van der Waals surface area (Å²) >= 11 is 0. The van der Waals surface area contributed by atoms with E-state index in [1.165, 1.54) is 37.9 Å². The molecule has 1 aliphatic rings. The van der Waals surface area contributed by atoms with Crippen LogP contribution in [0.5, 0.6) is 5.88 Å². The topological polar surface area (TPSA) is 59.4 Å². The first-order valence-corrected chi connectivity index (χ1v) is 6.08. The molecule has 92 valence electrons. The minimum absolute atomic E-state index is 0.188. The predicted molar refractivity (Wildman–Crippen MR) is 63.3 cm³/mol. The van der Waals surface area contributed by atoms with Gasteiger partial charge in [0.15, 0.2) is 0 Å². The van der Waals surface area contributed by atoms with Gasteiger partial charge in [0.1, 0.15) is 0 Å². The van der Waals surface area contributed by atoms with Gasteiger partial charge in [-0.2, -0.15) is 0 Å². The van der Waals surface area contributed by atoms with Crippen LogP contribution in [0.1, 0.15) is 42.5 Å². The summed E-state index contributed by atoms with van der Waals surface area (Å²) < 4.78 is 5.50. The van der Waals surface area contributed by atoms with E-state index in [4.69, 9.17) is 9.84 Å². The molecule has 0 spiro atoms. The molecule has 0 saturated heterocycles. The fraction of sp³-hybridized carbons (Fsp3) is 0.538. The van der Waals surface area contributed by atoms with Crippen LogP contribution in [0.2, 0.25) is 0 Å². The molecule has 0 aromatic carbocycles. The van der Waals surface area contributed by atoms with Crippen molar-refractivity contribution in [3.05, 3.63) is 23.9 Å². The molecule has 0 bridgehead atoms. The highest BCUT2D eigenvalue weighted by Gasteiger charge is 2.14. The Kier molecular flexibility index (Phi) is 3.96. The number of carbonyl (C=O) groups is 1. The van der Waals surface area contributed by atoms with Crippen LogP contribution in [0.25, 0.3) is 0 Å². The maximum absolute atomic E-state index is 10.6. The fourth-order valence-electron chi connectivity index (χ4n) is 2.22. The molecule has 0 amide bonds. The maximum atomic E-state index is 10.6. The van der Waals surface area contributed by atoms with Crippen LogP contribution in [0.4, 0.5) is 0 Å². The van der Waals surface area contributed by atoms with Gasteiger partial charge in [-0.25, -0.2) is 9.78 Å². The number of aromatic nitrogens is 1. The Bertz CT molecular complexity index is 369. The monoisotopic (exact) mass is 235 g/mol. The molecule has 4 heteroatoms. The van der Waals surface area contributed by atoms with Gasteiger partial charge < -0.3 is 9.84 Å². The Morgan fingerprint density at radius 3 is 2.76 bits per heavy atom. The van der Waals surface area contributed by atoms with E-state index in [-0.39, 0.29) is 5.56 Å². The quantitative estimate of drug-likeness (QED) is 0.852. The second-order valence-corrected chi connectivity index (χ2v) is 4.48. The SMILES string of the molecule is O=C(O)c1ccc(OCCC2CCCC2)nc1. The first-order valence-electron chi connectivity index (χ1n) is 6.08. The third-order valence-corrected chi connectivity index (χ3v) is 3.23. The second kappa shape index (κ2) is 5.66. The van der Waals surface area contributed by atoms with Gasteiger partial charge in [0.05, 0.1) is 12.2 Å². The van der Waals surface area contributed by atoms with E-state index >= 15 is 0 Å². The molecular formula is C13H17NO3. The van der Waals surface area contributed by atoms with Gasteiger partial charge in [0.2, 0.25) is 5.88 Å². The number of hydrogen-bond acceptors (Lipinski definition) is 3. The molecule has 1 aromatic heterocycles. The number of ether oxygens (including phenoxy) is 1. The molecule has 0 unspecified atom stereocenters. The van der Waals surface area contributed by atoms with Crippen molar-refractivity contribution in [2.45, 2.75) is 32.1 Å². The Hall–Kier alpha value is -1.58. The molecule has 4 nitrogen and oxygen atoms in total. The number of carboxylic acids is 1. The van der Waals surface area contributed by atoms with Crippen LogP contribution in [0.3, 0.4) is 0 Å². The summed E-state index contributed by atoms with van der Waals surface area (Å²) in [6.45, 7) is 0.671. The maximum Gasteiger partial charge on any atom is 0.337 e. The Morgan fingerprint density at radius 1 is 1.41 bits per heavy atom. The van der Waals surface area contributed by atoms with Crippen molar-refractivity contribution < 1.29 is 14.6 Å². The lowest BCUT2D eigenvalue weighted by Gasteiger charge is -2.09. The smallest absolute Gasteiger partial charge is 0.337 e. The van der Waals surface area contributed by atoms with E-state index in [1.54, 1.807) is 6.07 Å². The highest BCUT2D eigenvalue weighted by atomic mass is 16.5. The van der Waals surface area contributed by atoms with Crippen molar-refractivity contribution in [1.29, 1.82) is 0 Å². The van der Waals surface area contributed by atoms with Gasteiger partial charge in [-0.1, -0.05) is 25.7 Å². The minimum Gasteiger partial charge on any atom is -0.478 e. The number of nitrogens with zero attached hydrogens (tertiary/aromatic N) is 1.